The SMILES string of the molecule is CC(c1ccc(N)cc1)[N+](C)(C(=O)C1=Cc2cc(-c3ccc4c(c3)OCO4)ccc2OCC1)C1CCOCC1. The van der Waals surface area contributed by atoms with Crippen molar-refractivity contribution < 1.29 is 28.2 Å². The van der Waals surface area contributed by atoms with E-state index >= 15 is 0 Å². The van der Waals surface area contributed by atoms with Gasteiger partial charge < -0.3 is 24.7 Å². The van der Waals surface area contributed by atoms with Crippen LogP contribution in [0.1, 0.15) is 43.4 Å². The lowest BCUT2D eigenvalue weighted by Crippen LogP contribution is -2.59. The molecule has 3 aliphatic rings. The number of benzene rings is 3. The first-order chi connectivity index (χ1) is 18.9. The third-order valence-electron chi connectivity index (χ3n) is 8.56. The van der Waals surface area contributed by atoms with Crippen molar-refractivity contribution in [3.05, 3.63) is 77.4 Å². The average Bonchev–Trinajstić information content (AvgIpc) is 3.34. The van der Waals surface area contributed by atoms with Gasteiger partial charge in [-0.1, -0.05) is 24.3 Å². The van der Waals surface area contributed by atoms with E-state index in [0.717, 1.165) is 63.6 Å². The van der Waals surface area contributed by atoms with Gasteiger partial charge in [0, 0.05) is 36.1 Å². The Morgan fingerprint density at radius 1 is 0.872 bits per heavy atom. The van der Waals surface area contributed by atoms with E-state index in [1.54, 1.807) is 0 Å². The zero-order valence-corrected chi connectivity index (χ0v) is 22.5. The minimum atomic E-state index is -0.0503. The number of carbonyl (C=O) groups excluding carboxylic acids is 1. The lowest BCUT2D eigenvalue weighted by molar-refractivity contribution is -0.889. The third kappa shape index (κ3) is 4.77. The smallest absolute Gasteiger partial charge is 0.342 e. The van der Waals surface area contributed by atoms with Gasteiger partial charge in [-0.25, -0.2) is 4.79 Å². The van der Waals surface area contributed by atoms with Crippen molar-refractivity contribution >= 4 is 17.7 Å². The highest BCUT2D eigenvalue weighted by atomic mass is 16.7. The van der Waals surface area contributed by atoms with Crippen LogP contribution in [-0.4, -0.2) is 50.1 Å². The van der Waals surface area contributed by atoms with Crippen LogP contribution in [0, 0.1) is 0 Å². The Hall–Kier alpha value is -3.81. The number of ether oxygens (including phenoxy) is 4. The standard InChI is InChI=1S/C32H35N2O5/c1-21(22-3-7-27(33)8-4-22)34(2,28-12-14-36-15-13-28)32(35)25-11-16-37-29-9-5-23(17-26(29)18-25)24-6-10-30-31(19-24)39-20-38-30/h3-10,17-19,21,28H,11-16,20,33H2,1-2H3/q+1. The van der Waals surface area contributed by atoms with E-state index in [0.29, 0.717) is 26.2 Å². The van der Waals surface area contributed by atoms with Gasteiger partial charge in [0.15, 0.2) is 11.5 Å². The van der Waals surface area contributed by atoms with Crippen molar-refractivity contribution in [3.63, 3.8) is 0 Å². The molecule has 39 heavy (non-hydrogen) atoms. The lowest BCUT2D eigenvalue weighted by atomic mass is 9.93. The molecule has 0 saturated carbocycles. The minimum Gasteiger partial charge on any atom is -0.493 e. The zero-order chi connectivity index (χ0) is 27.0. The van der Waals surface area contributed by atoms with Gasteiger partial charge in [0.05, 0.1) is 32.4 Å². The fraction of sp³-hybridized carbons (Fsp3) is 0.344. The molecular formula is C32H35N2O5+. The van der Waals surface area contributed by atoms with E-state index in [4.69, 9.17) is 24.7 Å². The number of fused-ring (bicyclic) bond motifs is 2. The highest BCUT2D eigenvalue weighted by Crippen LogP contribution is 2.40. The van der Waals surface area contributed by atoms with Crippen molar-refractivity contribution in [2.45, 2.75) is 38.3 Å². The van der Waals surface area contributed by atoms with Gasteiger partial charge in [0.1, 0.15) is 17.8 Å². The molecule has 7 heteroatoms. The van der Waals surface area contributed by atoms with Crippen molar-refractivity contribution in [3.8, 4) is 28.4 Å². The number of likely N-dealkylation sites (N-methyl/N-ethyl adjacent to an activating group) is 1. The maximum absolute atomic E-state index is 14.6. The fourth-order valence-corrected chi connectivity index (χ4v) is 6.02. The second-order valence-corrected chi connectivity index (χ2v) is 10.7. The van der Waals surface area contributed by atoms with Crippen LogP contribution in [0.4, 0.5) is 5.69 Å². The van der Waals surface area contributed by atoms with E-state index < -0.39 is 0 Å². The molecule has 6 rings (SSSR count). The van der Waals surface area contributed by atoms with Gasteiger partial charge in [-0.05, 0) is 60.5 Å². The molecule has 0 aromatic heterocycles. The number of carbonyl (C=O) groups is 1. The summed E-state index contributed by atoms with van der Waals surface area (Å²) < 4.78 is 23.1. The average molecular weight is 528 g/mol. The Morgan fingerprint density at radius 3 is 2.33 bits per heavy atom. The van der Waals surface area contributed by atoms with Gasteiger partial charge in [-0.15, -0.1) is 0 Å². The monoisotopic (exact) mass is 527 g/mol. The van der Waals surface area contributed by atoms with E-state index in [-0.39, 0.29) is 29.3 Å². The Kier molecular flexibility index (Phi) is 6.79. The zero-order valence-electron chi connectivity index (χ0n) is 22.5. The van der Waals surface area contributed by atoms with Crippen LogP contribution in [-0.2, 0) is 9.53 Å². The first-order valence-corrected chi connectivity index (χ1v) is 13.6. The molecule has 3 aromatic carbocycles. The van der Waals surface area contributed by atoms with Gasteiger partial charge in [0.25, 0.3) is 0 Å². The Labute approximate surface area is 229 Å². The largest absolute Gasteiger partial charge is 0.493 e. The highest BCUT2D eigenvalue weighted by Gasteiger charge is 2.47. The number of hydrogen-bond acceptors (Lipinski definition) is 6. The summed E-state index contributed by atoms with van der Waals surface area (Å²) in [5.41, 5.74) is 11.5. The molecule has 3 aliphatic heterocycles. The minimum absolute atomic E-state index is 0.0503. The number of quaternary nitrogens is 1. The van der Waals surface area contributed by atoms with Crippen LogP contribution in [0.5, 0.6) is 17.2 Å². The highest BCUT2D eigenvalue weighted by molar-refractivity contribution is 5.94. The molecule has 1 fully saturated rings. The summed E-state index contributed by atoms with van der Waals surface area (Å²) in [4.78, 5) is 14.6. The summed E-state index contributed by atoms with van der Waals surface area (Å²) in [6.07, 6.45) is 4.28. The molecule has 2 N–H and O–H groups in total. The Balaban J connectivity index is 1.37. The number of nitrogen functional groups attached to an aromatic ring is 1. The summed E-state index contributed by atoms with van der Waals surface area (Å²) in [5, 5.41) is 0. The van der Waals surface area contributed by atoms with Crippen LogP contribution in [0.2, 0.25) is 0 Å². The van der Waals surface area contributed by atoms with E-state index in [2.05, 4.69) is 20.0 Å². The topological polar surface area (TPSA) is 80.0 Å². The van der Waals surface area contributed by atoms with Crippen LogP contribution >= 0.6 is 0 Å². The summed E-state index contributed by atoms with van der Waals surface area (Å²) >= 11 is 0. The molecule has 2 unspecified atom stereocenters. The molecule has 1 amide bonds. The first kappa shape index (κ1) is 25.5. The number of amides is 1. The molecule has 0 radical (unpaired) electrons. The fourth-order valence-electron chi connectivity index (χ4n) is 6.02. The molecule has 0 aliphatic carbocycles. The number of hydrogen-bond donors (Lipinski definition) is 1. The number of anilines is 1. The van der Waals surface area contributed by atoms with Gasteiger partial charge >= 0.3 is 5.91 Å². The summed E-state index contributed by atoms with van der Waals surface area (Å²) in [6, 6.07) is 20.1. The number of nitrogens with zero attached hydrogens (tertiary/aromatic N) is 1. The van der Waals surface area contributed by atoms with Crippen molar-refractivity contribution in [2.24, 2.45) is 0 Å². The second-order valence-electron chi connectivity index (χ2n) is 10.7. The number of nitrogens with two attached hydrogens (primary N) is 1. The van der Waals surface area contributed by atoms with Crippen molar-refractivity contribution in [1.82, 2.24) is 0 Å². The quantitative estimate of drug-likeness (QED) is 0.337. The van der Waals surface area contributed by atoms with E-state index in [1.165, 1.54) is 0 Å². The first-order valence-electron chi connectivity index (χ1n) is 13.6. The predicted molar refractivity (Wildman–Crippen MR) is 150 cm³/mol. The van der Waals surface area contributed by atoms with E-state index in [1.807, 2.05) is 60.7 Å². The molecule has 3 aromatic rings. The second kappa shape index (κ2) is 10.4. The molecule has 7 nitrogen and oxygen atoms in total. The summed E-state index contributed by atoms with van der Waals surface area (Å²) in [5.74, 6) is 2.42. The van der Waals surface area contributed by atoms with Gasteiger partial charge in [0.2, 0.25) is 6.79 Å². The molecule has 0 bridgehead atoms. The molecular weight excluding hydrogens is 492 g/mol. The Bertz CT molecular complexity index is 1410. The van der Waals surface area contributed by atoms with E-state index in [9.17, 15) is 4.79 Å². The maximum atomic E-state index is 14.6. The molecule has 2 atom stereocenters. The van der Waals surface area contributed by atoms with Crippen LogP contribution < -0.4 is 19.9 Å². The predicted octanol–water partition coefficient (Wildman–Crippen LogP) is 5.74. The normalized spacial score (nSPS) is 19.2. The molecule has 1 saturated heterocycles. The summed E-state index contributed by atoms with van der Waals surface area (Å²) in [6.45, 7) is 4.19. The Morgan fingerprint density at radius 2 is 1.56 bits per heavy atom. The van der Waals surface area contributed by atoms with Crippen LogP contribution in [0.3, 0.4) is 0 Å². The third-order valence-corrected chi connectivity index (χ3v) is 8.56. The summed E-state index contributed by atoms with van der Waals surface area (Å²) in [7, 11) is 2.09. The van der Waals surface area contributed by atoms with Gasteiger partial charge in [-0.2, -0.15) is 0 Å². The molecule has 202 valence electrons. The van der Waals surface area contributed by atoms with Crippen LogP contribution in [0.15, 0.2) is 66.2 Å². The molecule has 3 heterocycles. The van der Waals surface area contributed by atoms with Crippen LogP contribution in [0.25, 0.3) is 17.2 Å². The van der Waals surface area contributed by atoms with Crippen molar-refractivity contribution in [1.29, 1.82) is 0 Å². The molecule has 0 spiro atoms. The number of rotatable bonds is 5. The maximum Gasteiger partial charge on any atom is 0.342 e. The van der Waals surface area contributed by atoms with Gasteiger partial charge in [-0.3, -0.25) is 4.48 Å². The lowest BCUT2D eigenvalue weighted by Gasteiger charge is -2.45. The van der Waals surface area contributed by atoms with Crippen molar-refractivity contribution in [2.75, 3.05) is 39.4 Å².